The van der Waals surface area contributed by atoms with Gasteiger partial charge in [0, 0.05) is 11.1 Å². The van der Waals surface area contributed by atoms with Gasteiger partial charge < -0.3 is 14.6 Å². The largest absolute Gasteiger partial charge is 0.507 e. The first-order valence-electron chi connectivity index (χ1n) is 7.41. The molecule has 0 spiro atoms. The maximum Gasteiger partial charge on any atom is 0.309 e. The zero-order chi connectivity index (χ0) is 16.5. The Bertz CT molecular complexity index is 819. The van der Waals surface area contributed by atoms with Gasteiger partial charge in [-0.1, -0.05) is 6.07 Å². The molecule has 4 rings (SSSR count). The van der Waals surface area contributed by atoms with Crippen molar-refractivity contribution >= 4 is 17.5 Å². The first-order valence-corrected chi connectivity index (χ1v) is 7.41. The van der Waals surface area contributed by atoms with Gasteiger partial charge in [-0.25, -0.2) is 0 Å². The van der Waals surface area contributed by atoms with Crippen molar-refractivity contribution in [2.24, 2.45) is 0 Å². The fraction of sp³-hybridized carbons (Fsp3) is 0.353. The molecule has 1 N–H and O–H groups in total. The number of fused-ring (bicyclic) bond motifs is 3. The highest BCUT2D eigenvalue weighted by molar-refractivity contribution is 6.29. The molecule has 1 aliphatic carbocycles. The second-order valence-electron chi connectivity index (χ2n) is 6.07. The maximum atomic E-state index is 12.9. The molecule has 0 saturated carbocycles. The zero-order valence-corrected chi connectivity index (χ0v) is 12.6. The molecule has 1 fully saturated rings. The lowest BCUT2D eigenvalue weighted by atomic mass is 9.76. The van der Waals surface area contributed by atoms with Crippen molar-refractivity contribution in [3.63, 3.8) is 0 Å². The van der Waals surface area contributed by atoms with E-state index < -0.39 is 30.1 Å². The topological polar surface area (TPSA) is 89.9 Å². The molecule has 2 aliphatic heterocycles. The van der Waals surface area contributed by atoms with Crippen LogP contribution in [-0.2, 0) is 14.3 Å². The van der Waals surface area contributed by atoms with E-state index in [2.05, 4.69) is 0 Å². The molecule has 3 atom stereocenters. The standard InChI is InChI=1S/C17H14O6/c1-6-3-4-8-12(14(6)19)16(21)13-11(15(8)20)7(2)22-9-5-10(18)23-17(9)13/h3-4,7,9,17,19H,5H2,1-2H3/t7-,9-,17+/m0/s1. The second-order valence-corrected chi connectivity index (χ2v) is 6.07. The number of rotatable bonds is 0. The van der Waals surface area contributed by atoms with E-state index in [9.17, 15) is 19.5 Å². The van der Waals surface area contributed by atoms with Crippen LogP contribution in [0.1, 0.15) is 39.6 Å². The molecule has 1 aromatic carbocycles. The monoisotopic (exact) mass is 314 g/mol. The van der Waals surface area contributed by atoms with Gasteiger partial charge in [-0.2, -0.15) is 0 Å². The molecule has 6 heteroatoms. The van der Waals surface area contributed by atoms with Crippen LogP contribution in [0.5, 0.6) is 5.75 Å². The number of hydrogen-bond acceptors (Lipinski definition) is 6. The molecule has 23 heavy (non-hydrogen) atoms. The van der Waals surface area contributed by atoms with Crippen LogP contribution in [-0.4, -0.2) is 41.0 Å². The summed E-state index contributed by atoms with van der Waals surface area (Å²) in [6, 6.07) is 3.13. The Morgan fingerprint density at radius 1 is 1.13 bits per heavy atom. The minimum Gasteiger partial charge on any atom is -0.507 e. The average molecular weight is 314 g/mol. The quantitative estimate of drug-likeness (QED) is 0.730. The lowest BCUT2D eigenvalue weighted by Gasteiger charge is -2.35. The van der Waals surface area contributed by atoms with Crippen molar-refractivity contribution in [3.05, 3.63) is 40.0 Å². The van der Waals surface area contributed by atoms with Gasteiger partial charge in [0.1, 0.15) is 11.9 Å². The van der Waals surface area contributed by atoms with Crippen molar-refractivity contribution < 1.29 is 29.0 Å². The van der Waals surface area contributed by atoms with Gasteiger partial charge in [0.2, 0.25) is 0 Å². The van der Waals surface area contributed by atoms with Crippen LogP contribution in [0.4, 0.5) is 0 Å². The molecule has 0 aromatic heterocycles. The molecular formula is C17H14O6. The molecule has 2 heterocycles. The Kier molecular flexibility index (Phi) is 2.78. The number of carbonyl (C=O) groups excluding carboxylic acids is 3. The number of ether oxygens (including phenoxy) is 2. The molecule has 118 valence electrons. The minimum absolute atomic E-state index is 0.00968. The van der Waals surface area contributed by atoms with Crippen LogP contribution in [0, 0.1) is 6.92 Å². The van der Waals surface area contributed by atoms with Crippen molar-refractivity contribution in [1.82, 2.24) is 0 Å². The van der Waals surface area contributed by atoms with Gasteiger partial charge in [0.05, 0.1) is 23.7 Å². The molecular weight excluding hydrogens is 300 g/mol. The van der Waals surface area contributed by atoms with E-state index >= 15 is 0 Å². The van der Waals surface area contributed by atoms with Crippen LogP contribution in [0.25, 0.3) is 0 Å². The summed E-state index contributed by atoms with van der Waals surface area (Å²) in [5.41, 5.74) is 1.04. The number of Topliss-reactive ketones (excluding diaryl/α,β-unsaturated/α-hetero) is 2. The Morgan fingerprint density at radius 3 is 2.61 bits per heavy atom. The number of aryl methyl sites for hydroxylation is 1. The van der Waals surface area contributed by atoms with Crippen LogP contribution in [0.3, 0.4) is 0 Å². The van der Waals surface area contributed by atoms with Gasteiger partial charge in [-0.05, 0) is 25.5 Å². The van der Waals surface area contributed by atoms with Gasteiger partial charge in [0.25, 0.3) is 0 Å². The summed E-state index contributed by atoms with van der Waals surface area (Å²) in [6.07, 6.45) is -1.99. The molecule has 0 unspecified atom stereocenters. The molecule has 0 radical (unpaired) electrons. The Balaban J connectivity index is 1.96. The third kappa shape index (κ3) is 1.75. The first-order chi connectivity index (χ1) is 10.9. The van der Waals surface area contributed by atoms with Crippen LogP contribution in [0.2, 0.25) is 0 Å². The number of ketones is 2. The van der Waals surface area contributed by atoms with E-state index in [0.717, 1.165) is 0 Å². The number of esters is 1. The lowest BCUT2D eigenvalue weighted by Crippen LogP contribution is -2.44. The summed E-state index contributed by atoms with van der Waals surface area (Å²) in [5, 5.41) is 10.2. The molecule has 3 aliphatic rings. The van der Waals surface area contributed by atoms with E-state index in [-0.39, 0.29) is 40.2 Å². The van der Waals surface area contributed by atoms with Crippen molar-refractivity contribution in [2.75, 3.05) is 0 Å². The summed E-state index contributed by atoms with van der Waals surface area (Å²) in [7, 11) is 0. The number of hydrogen-bond donors (Lipinski definition) is 1. The van der Waals surface area contributed by atoms with Gasteiger partial charge in [0.15, 0.2) is 17.7 Å². The maximum absolute atomic E-state index is 12.9. The zero-order valence-electron chi connectivity index (χ0n) is 12.6. The fourth-order valence-corrected chi connectivity index (χ4v) is 3.56. The summed E-state index contributed by atoms with van der Waals surface area (Å²) in [4.78, 5) is 37.3. The number of phenolic OH excluding ortho intramolecular Hbond substituents is 1. The number of phenols is 1. The summed E-state index contributed by atoms with van der Waals surface area (Å²) in [6.45, 7) is 3.33. The van der Waals surface area contributed by atoms with Crippen molar-refractivity contribution in [1.29, 1.82) is 0 Å². The van der Waals surface area contributed by atoms with Crippen molar-refractivity contribution in [2.45, 2.75) is 38.6 Å². The van der Waals surface area contributed by atoms with E-state index in [1.807, 2.05) is 0 Å². The van der Waals surface area contributed by atoms with E-state index in [1.165, 1.54) is 6.07 Å². The van der Waals surface area contributed by atoms with Crippen LogP contribution < -0.4 is 0 Å². The van der Waals surface area contributed by atoms with E-state index in [4.69, 9.17) is 9.47 Å². The molecule has 0 amide bonds. The SMILES string of the molecule is Cc1ccc2c(c1O)C(=O)C1=C(C2=O)[C@H](C)O[C@H]2CC(=O)O[C@@H]12. The van der Waals surface area contributed by atoms with Crippen molar-refractivity contribution in [3.8, 4) is 5.75 Å². The fourth-order valence-electron chi connectivity index (χ4n) is 3.56. The predicted octanol–water partition coefficient (Wildman–Crippen LogP) is 1.48. The number of carbonyl (C=O) groups is 3. The average Bonchev–Trinajstić information content (AvgIpc) is 2.86. The van der Waals surface area contributed by atoms with Gasteiger partial charge >= 0.3 is 5.97 Å². The second kappa shape index (κ2) is 4.52. The Hall–Kier alpha value is -2.47. The van der Waals surface area contributed by atoms with Crippen LogP contribution >= 0.6 is 0 Å². The smallest absolute Gasteiger partial charge is 0.309 e. The Morgan fingerprint density at radius 2 is 1.87 bits per heavy atom. The van der Waals surface area contributed by atoms with Gasteiger partial charge in [-0.15, -0.1) is 0 Å². The first kappa shape index (κ1) is 14.1. The van der Waals surface area contributed by atoms with Crippen LogP contribution in [0.15, 0.2) is 23.3 Å². The lowest BCUT2D eigenvalue weighted by molar-refractivity contribution is -0.140. The summed E-state index contributed by atoms with van der Waals surface area (Å²) >= 11 is 0. The molecule has 1 aromatic rings. The normalized spacial score (nSPS) is 29.1. The number of benzene rings is 1. The third-order valence-electron chi connectivity index (χ3n) is 4.66. The van der Waals surface area contributed by atoms with E-state index in [0.29, 0.717) is 5.56 Å². The number of aromatic hydroxyl groups is 1. The molecule has 6 nitrogen and oxygen atoms in total. The molecule has 0 bridgehead atoms. The minimum atomic E-state index is -0.877. The Labute approximate surface area is 131 Å². The molecule has 1 saturated heterocycles. The van der Waals surface area contributed by atoms with E-state index in [1.54, 1.807) is 19.9 Å². The van der Waals surface area contributed by atoms with Gasteiger partial charge in [-0.3, -0.25) is 14.4 Å². The summed E-state index contributed by atoms with van der Waals surface area (Å²) < 4.78 is 10.9. The third-order valence-corrected chi connectivity index (χ3v) is 4.66. The highest BCUT2D eigenvalue weighted by Gasteiger charge is 2.51. The highest BCUT2D eigenvalue weighted by Crippen LogP contribution is 2.42. The summed E-state index contributed by atoms with van der Waals surface area (Å²) in [5.74, 6) is -1.48. The highest BCUT2D eigenvalue weighted by atomic mass is 16.6. The predicted molar refractivity (Wildman–Crippen MR) is 77.4 cm³/mol.